The van der Waals surface area contributed by atoms with Gasteiger partial charge in [0.1, 0.15) is 0 Å². The third-order valence-corrected chi connectivity index (χ3v) is 8.45. The number of aliphatic hydroxyl groups excluding tert-OH is 2. The summed E-state index contributed by atoms with van der Waals surface area (Å²) in [7, 11) is 0. The first-order valence-corrected chi connectivity index (χ1v) is 13.2. The fourth-order valence-corrected chi connectivity index (χ4v) is 6.18. The molecule has 1 radical (unpaired) electrons. The zero-order valence-corrected chi connectivity index (χ0v) is 25.0. The molecule has 5 rings (SSSR count). The Balaban J connectivity index is 0.000000196. The van der Waals surface area contributed by atoms with E-state index in [1.807, 2.05) is 18.2 Å². The number of para-hydroxylation sites is 1. The number of fused-ring (bicyclic) bond motifs is 2. The van der Waals surface area contributed by atoms with Crippen LogP contribution in [0.15, 0.2) is 48.5 Å². The van der Waals surface area contributed by atoms with Crippen molar-refractivity contribution in [2.45, 2.75) is 85.9 Å². The van der Waals surface area contributed by atoms with E-state index in [4.69, 9.17) is 4.98 Å². The molecule has 2 saturated carbocycles. The average Bonchev–Trinajstić information content (AvgIpc) is 2.91. The van der Waals surface area contributed by atoms with Crippen molar-refractivity contribution < 1.29 is 30.3 Å². The molecule has 0 bridgehead atoms. The fourth-order valence-electron chi connectivity index (χ4n) is 6.18. The van der Waals surface area contributed by atoms with Gasteiger partial charge in [-0.3, -0.25) is 4.98 Å². The summed E-state index contributed by atoms with van der Waals surface area (Å²) in [6, 6.07) is 20.0. The quantitative estimate of drug-likeness (QED) is 0.269. The van der Waals surface area contributed by atoms with E-state index in [2.05, 4.69) is 77.9 Å². The normalized spacial score (nSPS) is 26.6. The number of rotatable bonds is 1. The zero-order valence-electron chi connectivity index (χ0n) is 22.6. The van der Waals surface area contributed by atoms with Gasteiger partial charge in [0.05, 0.1) is 17.7 Å². The zero-order chi connectivity index (χ0) is 25.4. The monoisotopic (exact) mass is 665 g/mol. The second-order valence-electron chi connectivity index (χ2n) is 12.3. The minimum atomic E-state index is -0.357. The summed E-state index contributed by atoms with van der Waals surface area (Å²) < 4.78 is 0. The first-order valence-electron chi connectivity index (χ1n) is 13.2. The summed E-state index contributed by atoms with van der Waals surface area (Å²) >= 11 is 0. The van der Waals surface area contributed by atoms with Gasteiger partial charge < -0.3 is 10.2 Å². The van der Waals surface area contributed by atoms with Crippen LogP contribution in [-0.2, 0) is 20.1 Å². The Kier molecular flexibility index (Phi) is 9.21. The van der Waals surface area contributed by atoms with Crippen molar-refractivity contribution in [2.75, 3.05) is 0 Å². The van der Waals surface area contributed by atoms with Crippen LogP contribution >= 0.6 is 0 Å². The molecule has 0 aliphatic heterocycles. The van der Waals surface area contributed by atoms with Crippen molar-refractivity contribution in [3.8, 4) is 11.3 Å². The maximum Gasteiger partial charge on any atom is 0.0646 e. The van der Waals surface area contributed by atoms with Crippen LogP contribution in [0.5, 0.6) is 0 Å². The van der Waals surface area contributed by atoms with E-state index in [-0.39, 0.29) is 49.1 Å². The number of pyridine rings is 1. The maximum atomic E-state index is 10.7. The number of aryl methyl sites for hydroxylation is 2. The van der Waals surface area contributed by atoms with E-state index in [1.54, 1.807) is 0 Å². The Labute approximate surface area is 231 Å². The van der Waals surface area contributed by atoms with Crippen LogP contribution in [0.1, 0.15) is 70.9 Å². The number of nitrogens with zero attached hydrogens (tertiary/aromatic N) is 1. The van der Waals surface area contributed by atoms with Crippen LogP contribution in [0, 0.1) is 42.6 Å². The minimum Gasteiger partial charge on any atom is -0.392 e. The fraction of sp³-hybridized carbons (Fsp3) is 0.531. The van der Waals surface area contributed by atoms with E-state index >= 15 is 0 Å². The van der Waals surface area contributed by atoms with Crippen LogP contribution < -0.4 is 0 Å². The van der Waals surface area contributed by atoms with Crippen LogP contribution in [0.4, 0.5) is 0 Å². The van der Waals surface area contributed by atoms with Crippen molar-refractivity contribution in [3.63, 3.8) is 0 Å². The Morgan fingerprint density at radius 3 is 2.22 bits per heavy atom. The molecule has 1 heterocycles. The van der Waals surface area contributed by atoms with E-state index in [9.17, 15) is 10.2 Å². The molecule has 2 aliphatic rings. The molecule has 1 aromatic heterocycles. The molecule has 2 fully saturated rings. The average molecular weight is 665 g/mol. The van der Waals surface area contributed by atoms with Gasteiger partial charge in [0.15, 0.2) is 0 Å². The van der Waals surface area contributed by atoms with Gasteiger partial charge in [-0.1, -0.05) is 78.3 Å². The summed E-state index contributed by atoms with van der Waals surface area (Å²) in [5, 5.41) is 22.4. The standard InChI is InChI=1S/C17H14N.C15H28O2.Ir/c1-12-9-13(2)11-15(10-12)17-8-7-14-5-3-4-6-16(14)18-17;1-14(2)8-5-6-10-7-9-15(3,4)13(17)11(10)12(14)16;/h3-10H,1-2H3;10-13,16-17H,5-9H2,1-4H3;/q-1;;. The van der Waals surface area contributed by atoms with Crippen molar-refractivity contribution in [2.24, 2.45) is 22.7 Å². The van der Waals surface area contributed by atoms with Crippen LogP contribution in [0.25, 0.3) is 22.2 Å². The summed E-state index contributed by atoms with van der Waals surface area (Å²) in [6.45, 7) is 12.7. The summed E-state index contributed by atoms with van der Waals surface area (Å²) in [5.41, 5.74) is 5.40. The van der Waals surface area contributed by atoms with Gasteiger partial charge in [0.25, 0.3) is 0 Å². The van der Waals surface area contributed by atoms with Gasteiger partial charge in [-0.2, -0.15) is 0 Å². The van der Waals surface area contributed by atoms with Crippen molar-refractivity contribution >= 4 is 10.9 Å². The molecule has 0 amide bonds. The molecule has 197 valence electrons. The largest absolute Gasteiger partial charge is 0.392 e. The SMILES string of the molecule is CC1(C)CCCC2CCC(C)(C)C(O)C2C1O.Cc1[c-]c(-c2ccc3ccccc3n2)cc(C)c1.[Ir]. The predicted molar refractivity (Wildman–Crippen MR) is 145 cm³/mol. The smallest absolute Gasteiger partial charge is 0.0646 e. The van der Waals surface area contributed by atoms with Crippen LogP contribution in [-0.4, -0.2) is 27.4 Å². The Bertz CT molecular complexity index is 1150. The number of hydrogen-bond donors (Lipinski definition) is 2. The topological polar surface area (TPSA) is 53.4 Å². The summed E-state index contributed by atoms with van der Waals surface area (Å²) in [4.78, 5) is 4.70. The Morgan fingerprint density at radius 1 is 0.861 bits per heavy atom. The number of hydrogen-bond acceptors (Lipinski definition) is 3. The van der Waals surface area contributed by atoms with Gasteiger partial charge in [-0.05, 0) is 59.6 Å². The second kappa shape index (κ2) is 11.4. The molecule has 2 aromatic carbocycles. The van der Waals surface area contributed by atoms with E-state index < -0.39 is 0 Å². The van der Waals surface area contributed by atoms with Crippen molar-refractivity contribution in [1.29, 1.82) is 0 Å². The van der Waals surface area contributed by atoms with E-state index in [0.717, 1.165) is 35.2 Å². The molecule has 4 heteroatoms. The second-order valence-corrected chi connectivity index (χ2v) is 12.3. The van der Waals surface area contributed by atoms with Crippen molar-refractivity contribution in [1.82, 2.24) is 4.98 Å². The van der Waals surface area contributed by atoms with Gasteiger partial charge in [0.2, 0.25) is 0 Å². The van der Waals surface area contributed by atoms with Crippen molar-refractivity contribution in [3.05, 3.63) is 65.7 Å². The Morgan fingerprint density at radius 2 is 1.53 bits per heavy atom. The summed E-state index contributed by atoms with van der Waals surface area (Å²) in [5.74, 6) is 0.603. The number of aromatic nitrogens is 1. The summed E-state index contributed by atoms with van der Waals surface area (Å²) in [6.07, 6.45) is 4.99. The molecular formula is C32H42IrNO2-. The molecule has 4 unspecified atom stereocenters. The Hall–Kier alpha value is -1.58. The van der Waals surface area contributed by atoms with E-state index in [1.165, 1.54) is 30.2 Å². The molecule has 0 saturated heterocycles. The molecular weight excluding hydrogens is 623 g/mol. The van der Waals surface area contributed by atoms with Gasteiger partial charge in [-0.25, -0.2) is 0 Å². The van der Waals surface area contributed by atoms with Gasteiger partial charge in [-0.15, -0.1) is 34.9 Å². The first kappa shape index (κ1) is 29.0. The maximum absolute atomic E-state index is 10.7. The third-order valence-electron chi connectivity index (χ3n) is 8.45. The molecule has 3 aromatic rings. The molecule has 2 N–H and O–H groups in total. The molecule has 0 spiro atoms. The van der Waals surface area contributed by atoms with E-state index in [0.29, 0.717) is 5.92 Å². The molecule has 36 heavy (non-hydrogen) atoms. The number of aliphatic hydroxyl groups is 2. The molecule has 4 atom stereocenters. The van der Waals surface area contributed by atoms with Crippen LogP contribution in [0.3, 0.4) is 0 Å². The predicted octanol–water partition coefficient (Wildman–Crippen LogP) is 7.29. The first-order chi connectivity index (χ1) is 16.5. The third kappa shape index (κ3) is 6.27. The van der Waals surface area contributed by atoms with Gasteiger partial charge in [0, 0.05) is 26.0 Å². The van der Waals surface area contributed by atoms with Crippen LogP contribution in [0.2, 0.25) is 0 Å². The molecule has 2 aliphatic carbocycles. The van der Waals surface area contributed by atoms with Gasteiger partial charge >= 0.3 is 0 Å². The minimum absolute atomic E-state index is 0. The molecule has 3 nitrogen and oxygen atoms in total. The number of benzene rings is 2.